The van der Waals surface area contributed by atoms with Gasteiger partial charge in [0.15, 0.2) is 0 Å². The first kappa shape index (κ1) is 21.0. The van der Waals surface area contributed by atoms with Crippen molar-refractivity contribution in [1.29, 1.82) is 0 Å². The molecule has 6 nitrogen and oxygen atoms in total. The lowest BCUT2D eigenvalue weighted by atomic mass is 10.1. The lowest BCUT2D eigenvalue weighted by Gasteiger charge is -2.25. The van der Waals surface area contributed by atoms with Gasteiger partial charge < -0.3 is 19.0 Å². The quantitative estimate of drug-likeness (QED) is 0.453. The Balaban J connectivity index is 2.68. The third-order valence-electron chi connectivity index (χ3n) is 4.14. The normalized spacial score (nSPS) is 12.5. The maximum absolute atomic E-state index is 12.5. The van der Waals surface area contributed by atoms with Gasteiger partial charge in [0.05, 0.1) is 19.3 Å². The summed E-state index contributed by atoms with van der Waals surface area (Å²) in [4.78, 5) is 28.2. The molecular formula is C19H30N2O4. The first-order valence-corrected chi connectivity index (χ1v) is 8.82. The molecule has 25 heavy (non-hydrogen) atoms. The number of amides is 1. The molecule has 1 amide bonds. The van der Waals surface area contributed by atoms with Crippen LogP contribution in [0.25, 0.3) is 6.08 Å². The predicted octanol–water partition coefficient (Wildman–Crippen LogP) is 2.66. The van der Waals surface area contributed by atoms with Crippen molar-refractivity contribution in [2.24, 2.45) is 5.92 Å². The van der Waals surface area contributed by atoms with Gasteiger partial charge in [-0.3, -0.25) is 9.59 Å². The highest BCUT2D eigenvalue weighted by molar-refractivity contribution is 5.91. The number of hydrogen-bond acceptors (Lipinski definition) is 5. The number of furan rings is 1. The molecule has 0 aliphatic heterocycles. The molecule has 6 heteroatoms. The summed E-state index contributed by atoms with van der Waals surface area (Å²) in [5.74, 6) is -0.180. The lowest BCUT2D eigenvalue weighted by molar-refractivity contribution is -0.146. The Morgan fingerprint density at radius 3 is 2.56 bits per heavy atom. The molecule has 1 aromatic rings. The SMILES string of the molecule is CCN(CC)CCCN(CC(C)C(=O)OC)C(=O)/C=C/c1ccco1. The molecule has 1 unspecified atom stereocenters. The van der Waals surface area contributed by atoms with E-state index < -0.39 is 0 Å². The van der Waals surface area contributed by atoms with E-state index in [0.717, 1.165) is 26.1 Å². The van der Waals surface area contributed by atoms with Crippen molar-refractivity contribution in [3.63, 3.8) is 0 Å². The van der Waals surface area contributed by atoms with Crippen molar-refractivity contribution in [2.75, 3.05) is 39.8 Å². The molecule has 0 N–H and O–H groups in total. The molecule has 0 aliphatic carbocycles. The summed E-state index contributed by atoms with van der Waals surface area (Å²) in [6, 6.07) is 3.55. The fourth-order valence-corrected chi connectivity index (χ4v) is 2.57. The second kappa shape index (κ2) is 11.5. The first-order valence-electron chi connectivity index (χ1n) is 8.82. The van der Waals surface area contributed by atoms with Gasteiger partial charge in [-0.2, -0.15) is 0 Å². The predicted molar refractivity (Wildman–Crippen MR) is 97.9 cm³/mol. The first-order chi connectivity index (χ1) is 12.0. The second-order valence-electron chi connectivity index (χ2n) is 5.94. The largest absolute Gasteiger partial charge is 0.469 e. The summed E-state index contributed by atoms with van der Waals surface area (Å²) < 4.78 is 9.97. The van der Waals surface area contributed by atoms with E-state index in [1.165, 1.54) is 13.2 Å². The minimum atomic E-state index is -0.362. The van der Waals surface area contributed by atoms with Crippen molar-refractivity contribution < 1.29 is 18.7 Å². The van der Waals surface area contributed by atoms with E-state index in [2.05, 4.69) is 18.7 Å². The smallest absolute Gasteiger partial charge is 0.310 e. The van der Waals surface area contributed by atoms with Crippen LogP contribution >= 0.6 is 0 Å². The van der Waals surface area contributed by atoms with Gasteiger partial charge in [0, 0.05) is 19.2 Å². The van der Waals surface area contributed by atoms with E-state index in [1.807, 2.05) is 0 Å². The lowest BCUT2D eigenvalue weighted by Crippen LogP contribution is -2.38. The third-order valence-corrected chi connectivity index (χ3v) is 4.14. The van der Waals surface area contributed by atoms with E-state index in [4.69, 9.17) is 9.15 Å². The number of hydrogen-bond donors (Lipinski definition) is 0. The minimum Gasteiger partial charge on any atom is -0.469 e. The Morgan fingerprint density at radius 1 is 1.28 bits per heavy atom. The van der Waals surface area contributed by atoms with Crippen LogP contribution in [0.15, 0.2) is 28.9 Å². The van der Waals surface area contributed by atoms with E-state index in [-0.39, 0.29) is 17.8 Å². The summed E-state index contributed by atoms with van der Waals surface area (Å²) in [6.07, 6.45) is 5.55. The van der Waals surface area contributed by atoms with Crippen LogP contribution in [0.5, 0.6) is 0 Å². The molecule has 0 bridgehead atoms. The van der Waals surface area contributed by atoms with Gasteiger partial charge in [-0.1, -0.05) is 20.8 Å². The van der Waals surface area contributed by atoms with Crippen molar-refractivity contribution in [2.45, 2.75) is 27.2 Å². The summed E-state index contributed by atoms with van der Waals surface area (Å²) in [6.45, 7) is 9.85. The van der Waals surface area contributed by atoms with Gasteiger partial charge in [0.2, 0.25) is 5.91 Å². The molecular weight excluding hydrogens is 320 g/mol. The van der Waals surface area contributed by atoms with Crippen LogP contribution < -0.4 is 0 Å². The van der Waals surface area contributed by atoms with Crippen LogP contribution in [0.3, 0.4) is 0 Å². The topological polar surface area (TPSA) is 63.0 Å². The van der Waals surface area contributed by atoms with Crippen LogP contribution in [0.1, 0.15) is 33.0 Å². The van der Waals surface area contributed by atoms with Crippen molar-refractivity contribution >= 4 is 18.0 Å². The highest BCUT2D eigenvalue weighted by Crippen LogP contribution is 2.08. The molecule has 0 aromatic carbocycles. The Hall–Kier alpha value is -2.08. The second-order valence-corrected chi connectivity index (χ2v) is 5.94. The molecule has 0 spiro atoms. The summed E-state index contributed by atoms with van der Waals surface area (Å²) in [7, 11) is 1.36. The van der Waals surface area contributed by atoms with E-state index in [0.29, 0.717) is 18.8 Å². The Bertz CT molecular complexity index is 536. The Labute approximate surface area is 150 Å². The fourth-order valence-electron chi connectivity index (χ4n) is 2.57. The highest BCUT2D eigenvalue weighted by Gasteiger charge is 2.20. The zero-order valence-electron chi connectivity index (χ0n) is 15.7. The number of esters is 1. The highest BCUT2D eigenvalue weighted by atomic mass is 16.5. The van der Waals surface area contributed by atoms with E-state index in [1.54, 1.807) is 36.3 Å². The molecule has 140 valence electrons. The zero-order chi connectivity index (χ0) is 18.7. The zero-order valence-corrected chi connectivity index (χ0v) is 15.7. The fraction of sp³-hybridized carbons (Fsp3) is 0.579. The van der Waals surface area contributed by atoms with Crippen molar-refractivity contribution in [3.05, 3.63) is 30.2 Å². The van der Waals surface area contributed by atoms with Crippen molar-refractivity contribution in [3.8, 4) is 0 Å². The van der Waals surface area contributed by atoms with Crippen LogP contribution in [0, 0.1) is 5.92 Å². The number of carbonyl (C=O) groups excluding carboxylic acids is 2. The van der Waals surface area contributed by atoms with Gasteiger partial charge >= 0.3 is 5.97 Å². The Kier molecular flexibility index (Phi) is 9.62. The van der Waals surface area contributed by atoms with Crippen molar-refractivity contribution in [1.82, 2.24) is 9.80 Å². The van der Waals surface area contributed by atoms with Gasteiger partial charge in [0.1, 0.15) is 5.76 Å². The number of methoxy groups -OCH3 is 1. The number of nitrogens with zero attached hydrogens (tertiary/aromatic N) is 2. The molecule has 0 saturated heterocycles. The van der Waals surface area contributed by atoms with Crippen LogP contribution in [-0.4, -0.2) is 61.5 Å². The molecule has 0 radical (unpaired) electrons. The standard InChI is InChI=1S/C19H30N2O4/c1-5-20(6-2)12-8-13-21(15-16(3)19(23)24-4)18(22)11-10-17-9-7-14-25-17/h7,9-11,14,16H,5-6,8,12-13,15H2,1-4H3/b11-10+. The third kappa shape index (κ3) is 7.56. The molecule has 1 rings (SSSR count). The molecule has 1 aromatic heterocycles. The van der Waals surface area contributed by atoms with Gasteiger partial charge in [-0.05, 0) is 44.3 Å². The monoisotopic (exact) mass is 350 g/mol. The maximum Gasteiger partial charge on any atom is 0.310 e. The molecule has 0 fully saturated rings. The summed E-state index contributed by atoms with van der Waals surface area (Å²) in [5.41, 5.74) is 0. The van der Waals surface area contributed by atoms with Crippen LogP contribution in [-0.2, 0) is 14.3 Å². The van der Waals surface area contributed by atoms with Gasteiger partial charge in [-0.25, -0.2) is 0 Å². The molecule has 0 aliphatic rings. The number of carbonyl (C=O) groups is 2. The van der Waals surface area contributed by atoms with Crippen LogP contribution in [0.4, 0.5) is 0 Å². The average Bonchev–Trinajstić information content (AvgIpc) is 3.14. The van der Waals surface area contributed by atoms with E-state index in [9.17, 15) is 9.59 Å². The van der Waals surface area contributed by atoms with Gasteiger partial charge in [-0.15, -0.1) is 0 Å². The Morgan fingerprint density at radius 2 is 2.00 bits per heavy atom. The van der Waals surface area contributed by atoms with E-state index >= 15 is 0 Å². The number of ether oxygens (including phenoxy) is 1. The summed E-state index contributed by atoms with van der Waals surface area (Å²) >= 11 is 0. The molecule has 1 atom stereocenters. The maximum atomic E-state index is 12.5. The number of rotatable bonds is 11. The average molecular weight is 350 g/mol. The molecule has 0 saturated carbocycles. The summed E-state index contributed by atoms with van der Waals surface area (Å²) in [5, 5.41) is 0. The van der Waals surface area contributed by atoms with Gasteiger partial charge in [0.25, 0.3) is 0 Å². The minimum absolute atomic E-state index is 0.133. The molecule has 1 heterocycles. The van der Waals surface area contributed by atoms with Crippen LogP contribution in [0.2, 0.25) is 0 Å².